The van der Waals surface area contributed by atoms with Crippen molar-refractivity contribution in [2.45, 2.75) is 19.9 Å². The Morgan fingerprint density at radius 1 is 1.44 bits per heavy atom. The second kappa shape index (κ2) is 5.19. The van der Waals surface area contributed by atoms with Crippen molar-refractivity contribution in [3.63, 3.8) is 0 Å². The Balaban J connectivity index is 2.24. The zero-order valence-corrected chi connectivity index (χ0v) is 10.7. The van der Waals surface area contributed by atoms with Gasteiger partial charge in [-0.2, -0.15) is 5.26 Å². The summed E-state index contributed by atoms with van der Waals surface area (Å²) in [6, 6.07) is 7.49. The molecule has 1 fully saturated rings. The fourth-order valence-electron chi connectivity index (χ4n) is 2.10. The van der Waals surface area contributed by atoms with Crippen LogP contribution in [-0.4, -0.2) is 36.5 Å². The first kappa shape index (κ1) is 12.6. The van der Waals surface area contributed by atoms with Crippen LogP contribution >= 0.6 is 0 Å². The Labute approximate surface area is 107 Å². The first-order valence-electron chi connectivity index (χ1n) is 6.12. The average Bonchev–Trinajstić information content (AvgIpc) is 2.41. The minimum absolute atomic E-state index is 0.0499. The second-order valence-electron chi connectivity index (χ2n) is 4.65. The maximum absolute atomic E-state index is 12.4. The van der Waals surface area contributed by atoms with E-state index in [1.165, 1.54) is 5.56 Å². The Hall–Kier alpha value is -1.86. The third kappa shape index (κ3) is 2.36. The van der Waals surface area contributed by atoms with Gasteiger partial charge in [-0.3, -0.25) is 4.79 Å². The number of benzene rings is 1. The van der Waals surface area contributed by atoms with Crippen molar-refractivity contribution >= 4 is 5.91 Å². The molecule has 2 rings (SSSR count). The number of carbonyl (C=O) groups is 1. The number of nitriles is 1. The molecule has 1 aromatic carbocycles. The fourth-order valence-corrected chi connectivity index (χ4v) is 2.10. The van der Waals surface area contributed by atoms with Crippen molar-refractivity contribution < 1.29 is 4.79 Å². The number of hydrogen-bond acceptors (Lipinski definition) is 3. The van der Waals surface area contributed by atoms with Crippen molar-refractivity contribution in [3.8, 4) is 6.07 Å². The summed E-state index contributed by atoms with van der Waals surface area (Å²) in [5.41, 5.74) is 2.94. The molecule has 0 aromatic heterocycles. The molecule has 0 bridgehead atoms. The maximum atomic E-state index is 12.4. The van der Waals surface area contributed by atoms with Crippen LogP contribution in [0.4, 0.5) is 0 Å². The largest absolute Gasteiger partial charge is 0.320 e. The van der Waals surface area contributed by atoms with Gasteiger partial charge in [-0.1, -0.05) is 6.07 Å². The van der Waals surface area contributed by atoms with Crippen LogP contribution in [0, 0.1) is 25.2 Å². The Morgan fingerprint density at radius 2 is 2.22 bits per heavy atom. The number of hydrogen-bond donors (Lipinski definition) is 1. The molecule has 4 nitrogen and oxygen atoms in total. The van der Waals surface area contributed by atoms with E-state index in [-0.39, 0.29) is 11.9 Å². The van der Waals surface area contributed by atoms with Gasteiger partial charge < -0.3 is 10.2 Å². The number of carbonyl (C=O) groups excluding carboxylic acids is 1. The van der Waals surface area contributed by atoms with Crippen molar-refractivity contribution in [2.75, 3.05) is 19.6 Å². The van der Waals surface area contributed by atoms with Gasteiger partial charge in [0.25, 0.3) is 5.91 Å². The van der Waals surface area contributed by atoms with Crippen molar-refractivity contribution in [1.82, 2.24) is 10.2 Å². The Kier molecular flexibility index (Phi) is 3.63. The van der Waals surface area contributed by atoms with Gasteiger partial charge in [-0.15, -0.1) is 0 Å². The molecule has 0 saturated carbocycles. The van der Waals surface area contributed by atoms with Gasteiger partial charge in [0.05, 0.1) is 6.07 Å². The van der Waals surface area contributed by atoms with Gasteiger partial charge in [0.2, 0.25) is 0 Å². The molecule has 1 aromatic rings. The Morgan fingerprint density at radius 3 is 2.89 bits per heavy atom. The highest BCUT2D eigenvalue weighted by Gasteiger charge is 2.27. The van der Waals surface area contributed by atoms with Gasteiger partial charge in [0, 0.05) is 25.2 Å². The smallest absolute Gasteiger partial charge is 0.255 e. The molecule has 1 unspecified atom stereocenters. The summed E-state index contributed by atoms with van der Waals surface area (Å²) in [6.07, 6.45) is 0. The number of rotatable bonds is 1. The molecular formula is C14H17N3O. The van der Waals surface area contributed by atoms with Crippen LogP contribution in [0.1, 0.15) is 21.5 Å². The maximum Gasteiger partial charge on any atom is 0.255 e. The summed E-state index contributed by atoms with van der Waals surface area (Å²) >= 11 is 0. The second-order valence-corrected chi connectivity index (χ2v) is 4.65. The van der Waals surface area contributed by atoms with Gasteiger partial charge in [0.15, 0.2) is 0 Å². The zero-order chi connectivity index (χ0) is 13.1. The molecule has 18 heavy (non-hydrogen) atoms. The highest BCUT2D eigenvalue weighted by Crippen LogP contribution is 2.14. The quantitative estimate of drug-likeness (QED) is 0.807. The van der Waals surface area contributed by atoms with Crippen LogP contribution in [0.25, 0.3) is 0 Å². The lowest BCUT2D eigenvalue weighted by Crippen LogP contribution is -2.53. The molecule has 94 valence electrons. The topological polar surface area (TPSA) is 56.1 Å². The predicted octanol–water partition coefficient (Wildman–Crippen LogP) is 1.24. The van der Waals surface area contributed by atoms with E-state index < -0.39 is 0 Å². The highest BCUT2D eigenvalue weighted by molar-refractivity contribution is 5.95. The zero-order valence-electron chi connectivity index (χ0n) is 10.7. The van der Waals surface area contributed by atoms with Crippen LogP contribution in [0.3, 0.4) is 0 Å². The number of piperazine rings is 1. The highest BCUT2D eigenvalue weighted by atomic mass is 16.2. The first-order chi connectivity index (χ1) is 8.63. The number of amides is 1. The van der Waals surface area contributed by atoms with E-state index in [0.29, 0.717) is 18.7 Å². The minimum Gasteiger partial charge on any atom is -0.320 e. The van der Waals surface area contributed by atoms with E-state index in [1.807, 2.05) is 32.0 Å². The van der Waals surface area contributed by atoms with Crippen molar-refractivity contribution in [3.05, 3.63) is 34.9 Å². The number of aryl methyl sites for hydroxylation is 2. The standard InChI is InChI=1S/C14H17N3O/c1-10-3-4-12(7-11(10)2)14(18)17-6-5-16-9-13(17)8-15/h3-4,7,13,16H,5-6,9H2,1-2H3. The van der Waals surface area contributed by atoms with Crippen LogP contribution in [0.15, 0.2) is 18.2 Å². The summed E-state index contributed by atoms with van der Waals surface area (Å²) in [5, 5.41) is 12.2. The van der Waals surface area contributed by atoms with E-state index >= 15 is 0 Å². The lowest BCUT2D eigenvalue weighted by Gasteiger charge is -2.32. The lowest BCUT2D eigenvalue weighted by atomic mass is 10.0. The van der Waals surface area contributed by atoms with Gasteiger partial charge in [-0.05, 0) is 37.1 Å². The molecule has 1 amide bonds. The fraction of sp³-hybridized carbons (Fsp3) is 0.429. The van der Waals surface area contributed by atoms with Gasteiger partial charge in [-0.25, -0.2) is 0 Å². The number of nitrogens with zero attached hydrogens (tertiary/aromatic N) is 2. The molecule has 0 spiro atoms. The molecule has 1 N–H and O–H groups in total. The molecule has 1 heterocycles. The van der Waals surface area contributed by atoms with Gasteiger partial charge >= 0.3 is 0 Å². The Bertz CT molecular complexity index is 504. The van der Waals surface area contributed by atoms with Crippen LogP contribution in [0.5, 0.6) is 0 Å². The third-order valence-electron chi connectivity index (χ3n) is 3.41. The van der Waals surface area contributed by atoms with Gasteiger partial charge in [0.1, 0.15) is 6.04 Å². The normalized spacial score (nSPS) is 19.4. The monoisotopic (exact) mass is 243 g/mol. The van der Waals surface area contributed by atoms with E-state index in [0.717, 1.165) is 12.1 Å². The molecule has 0 radical (unpaired) electrons. The predicted molar refractivity (Wildman–Crippen MR) is 69.2 cm³/mol. The summed E-state index contributed by atoms with van der Waals surface area (Å²) in [6.45, 7) is 5.89. The van der Waals surface area contributed by atoms with Crippen LogP contribution < -0.4 is 5.32 Å². The van der Waals surface area contributed by atoms with Crippen molar-refractivity contribution in [2.24, 2.45) is 0 Å². The summed E-state index contributed by atoms with van der Waals surface area (Å²) in [4.78, 5) is 14.0. The minimum atomic E-state index is -0.368. The lowest BCUT2D eigenvalue weighted by molar-refractivity contribution is 0.0687. The molecule has 4 heteroatoms. The average molecular weight is 243 g/mol. The summed E-state index contributed by atoms with van der Waals surface area (Å²) < 4.78 is 0. The summed E-state index contributed by atoms with van der Waals surface area (Å²) in [5.74, 6) is -0.0499. The molecule has 1 aliphatic heterocycles. The molecule has 0 aliphatic carbocycles. The van der Waals surface area contributed by atoms with Crippen LogP contribution in [-0.2, 0) is 0 Å². The van der Waals surface area contributed by atoms with Crippen LogP contribution in [0.2, 0.25) is 0 Å². The summed E-state index contributed by atoms with van der Waals surface area (Å²) in [7, 11) is 0. The molecule has 1 aliphatic rings. The third-order valence-corrected chi connectivity index (χ3v) is 3.41. The van der Waals surface area contributed by atoms with E-state index in [4.69, 9.17) is 5.26 Å². The molecular weight excluding hydrogens is 226 g/mol. The van der Waals surface area contributed by atoms with E-state index in [1.54, 1.807) is 4.90 Å². The number of nitrogens with one attached hydrogen (secondary N) is 1. The first-order valence-corrected chi connectivity index (χ1v) is 6.12. The molecule has 1 atom stereocenters. The van der Waals surface area contributed by atoms with E-state index in [2.05, 4.69) is 11.4 Å². The SMILES string of the molecule is Cc1ccc(C(=O)N2CCNCC2C#N)cc1C. The van der Waals surface area contributed by atoms with E-state index in [9.17, 15) is 4.79 Å². The van der Waals surface area contributed by atoms with Crippen molar-refractivity contribution in [1.29, 1.82) is 5.26 Å². The molecule has 1 saturated heterocycles.